The number of aromatic nitrogens is 1. The molecule has 0 atom stereocenters. The van der Waals surface area contributed by atoms with Crippen molar-refractivity contribution in [2.45, 2.75) is 32.7 Å². The second-order valence-electron chi connectivity index (χ2n) is 6.04. The predicted molar refractivity (Wildman–Crippen MR) is 85.2 cm³/mol. The first-order chi connectivity index (χ1) is 9.90. The fraction of sp³-hybridized carbons (Fsp3) is 0.294. The number of pyridine rings is 1. The molecule has 0 radical (unpaired) electrons. The minimum atomic E-state index is -0.163. The molecule has 1 amide bonds. The Labute approximate surface area is 125 Å². The molecule has 0 aliphatic carbocycles. The van der Waals surface area contributed by atoms with Gasteiger partial charge < -0.3 is 11.1 Å². The van der Waals surface area contributed by atoms with Crippen LogP contribution < -0.4 is 11.1 Å². The van der Waals surface area contributed by atoms with Crippen LogP contribution >= 0.6 is 0 Å². The molecule has 0 unspecified atom stereocenters. The van der Waals surface area contributed by atoms with Crippen molar-refractivity contribution in [2.75, 3.05) is 5.32 Å². The number of rotatable bonds is 3. The summed E-state index contributed by atoms with van der Waals surface area (Å²) in [6, 6.07) is 11.3. The number of carbonyl (C=O) groups is 1. The zero-order chi connectivity index (χ0) is 15.5. The van der Waals surface area contributed by atoms with Crippen molar-refractivity contribution in [3.8, 4) is 0 Å². The Morgan fingerprint density at radius 1 is 1.14 bits per heavy atom. The maximum absolute atomic E-state index is 12.2. The number of nitrogens with one attached hydrogen (secondary N) is 1. The Kier molecular flexibility index (Phi) is 4.38. The van der Waals surface area contributed by atoms with Crippen LogP contribution in [0.1, 0.15) is 42.3 Å². The normalized spacial score (nSPS) is 11.2. The lowest BCUT2D eigenvalue weighted by atomic mass is 9.87. The lowest BCUT2D eigenvalue weighted by Crippen LogP contribution is -2.15. The molecule has 4 nitrogen and oxygen atoms in total. The summed E-state index contributed by atoms with van der Waals surface area (Å²) in [5.74, 6) is 0.362. The molecule has 0 aliphatic rings. The molecule has 0 fully saturated rings. The number of anilines is 1. The van der Waals surface area contributed by atoms with Gasteiger partial charge in [0.2, 0.25) is 0 Å². The fourth-order valence-corrected chi connectivity index (χ4v) is 1.93. The van der Waals surface area contributed by atoms with Gasteiger partial charge in [-0.05, 0) is 34.7 Å². The van der Waals surface area contributed by atoms with Gasteiger partial charge in [-0.25, -0.2) is 4.98 Å². The molecule has 110 valence electrons. The van der Waals surface area contributed by atoms with Crippen molar-refractivity contribution >= 4 is 11.7 Å². The monoisotopic (exact) mass is 283 g/mol. The summed E-state index contributed by atoms with van der Waals surface area (Å²) in [7, 11) is 0. The summed E-state index contributed by atoms with van der Waals surface area (Å²) in [6.45, 7) is 6.87. The Morgan fingerprint density at radius 3 is 2.29 bits per heavy atom. The Morgan fingerprint density at radius 2 is 1.81 bits per heavy atom. The highest BCUT2D eigenvalue weighted by atomic mass is 16.1. The molecule has 2 rings (SSSR count). The number of hydrogen-bond donors (Lipinski definition) is 2. The molecule has 21 heavy (non-hydrogen) atoms. The Bertz CT molecular complexity index is 610. The first-order valence-corrected chi connectivity index (χ1v) is 6.97. The first-order valence-electron chi connectivity index (χ1n) is 6.97. The zero-order valence-corrected chi connectivity index (χ0v) is 12.7. The van der Waals surface area contributed by atoms with Gasteiger partial charge in [-0.1, -0.05) is 39.0 Å². The average Bonchev–Trinajstić information content (AvgIpc) is 2.47. The van der Waals surface area contributed by atoms with Crippen LogP contribution in [0.4, 0.5) is 5.82 Å². The maximum atomic E-state index is 12.2. The van der Waals surface area contributed by atoms with Crippen molar-refractivity contribution in [2.24, 2.45) is 5.73 Å². The van der Waals surface area contributed by atoms with E-state index in [4.69, 9.17) is 5.73 Å². The number of nitrogens with zero attached hydrogens (tertiary/aromatic N) is 1. The molecule has 0 saturated heterocycles. The number of amides is 1. The van der Waals surface area contributed by atoms with Gasteiger partial charge in [0.05, 0.1) is 0 Å². The van der Waals surface area contributed by atoms with Crippen LogP contribution in [0.25, 0.3) is 0 Å². The van der Waals surface area contributed by atoms with E-state index in [1.54, 1.807) is 12.3 Å². The van der Waals surface area contributed by atoms with E-state index in [-0.39, 0.29) is 11.3 Å². The third-order valence-electron chi connectivity index (χ3n) is 3.32. The van der Waals surface area contributed by atoms with E-state index in [0.717, 1.165) is 5.56 Å². The minimum absolute atomic E-state index is 0.0780. The van der Waals surface area contributed by atoms with Gasteiger partial charge in [-0.3, -0.25) is 4.79 Å². The number of carbonyl (C=O) groups excluding carboxylic acids is 1. The van der Waals surface area contributed by atoms with Crippen LogP contribution in [0.2, 0.25) is 0 Å². The largest absolute Gasteiger partial charge is 0.326 e. The fourth-order valence-electron chi connectivity index (χ4n) is 1.93. The third-order valence-corrected chi connectivity index (χ3v) is 3.32. The highest BCUT2D eigenvalue weighted by Gasteiger charge is 2.14. The van der Waals surface area contributed by atoms with Crippen molar-refractivity contribution in [3.05, 3.63) is 59.3 Å². The minimum Gasteiger partial charge on any atom is -0.326 e. The van der Waals surface area contributed by atoms with Crippen LogP contribution in [0.3, 0.4) is 0 Å². The SMILES string of the molecule is CC(C)(C)c1ccc(C(=O)Nc2ccc(CN)cn2)cc1. The van der Waals surface area contributed by atoms with Crippen molar-refractivity contribution in [3.63, 3.8) is 0 Å². The topological polar surface area (TPSA) is 68.0 Å². The maximum Gasteiger partial charge on any atom is 0.256 e. The molecule has 2 aromatic rings. The number of benzene rings is 1. The van der Waals surface area contributed by atoms with Gasteiger partial charge in [0.15, 0.2) is 0 Å². The summed E-state index contributed by atoms with van der Waals surface area (Å²) in [5, 5.41) is 2.78. The Hall–Kier alpha value is -2.20. The van der Waals surface area contributed by atoms with Crippen molar-refractivity contribution < 1.29 is 4.79 Å². The van der Waals surface area contributed by atoms with E-state index in [1.807, 2.05) is 30.3 Å². The summed E-state index contributed by atoms with van der Waals surface area (Å²) < 4.78 is 0. The first kappa shape index (κ1) is 15.2. The highest BCUT2D eigenvalue weighted by Crippen LogP contribution is 2.22. The van der Waals surface area contributed by atoms with E-state index < -0.39 is 0 Å². The average molecular weight is 283 g/mol. The van der Waals surface area contributed by atoms with Gasteiger partial charge in [0.25, 0.3) is 5.91 Å². The molecule has 1 heterocycles. The molecular formula is C17H21N3O. The molecule has 0 bridgehead atoms. The number of nitrogens with two attached hydrogens (primary N) is 1. The summed E-state index contributed by atoms with van der Waals surface area (Å²) >= 11 is 0. The van der Waals surface area contributed by atoms with Gasteiger partial charge >= 0.3 is 0 Å². The second kappa shape index (κ2) is 6.06. The van der Waals surface area contributed by atoms with Gasteiger partial charge in [0, 0.05) is 18.3 Å². The van der Waals surface area contributed by atoms with E-state index in [0.29, 0.717) is 17.9 Å². The van der Waals surface area contributed by atoms with E-state index >= 15 is 0 Å². The standard InChI is InChI=1S/C17H21N3O/c1-17(2,3)14-7-5-13(6-8-14)16(21)20-15-9-4-12(10-18)11-19-15/h4-9,11H,10,18H2,1-3H3,(H,19,20,21). The molecule has 0 saturated carbocycles. The van der Waals surface area contributed by atoms with Crippen LogP contribution in [-0.2, 0) is 12.0 Å². The van der Waals surface area contributed by atoms with Crippen LogP contribution in [-0.4, -0.2) is 10.9 Å². The molecule has 3 N–H and O–H groups in total. The van der Waals surface area contributed by atoms with E-state index in [9.17, 15) is 4.79 Å². The summed E-state index contributed by atoms with van der Waals surface area (Å²) in [6.07, 6.45) is 1.66. The zero-order valence-electron chi connectivity index (χ0n) is 12.7. The molecule has 1 aromatic carbocycles. The highest BCUT2D eigenvalue weighted by molar-refractivity contribution is 6.03. The second-order valence-corrected chi connectivity index (χ2v) is 6.04. The quantitative estimate of drug-likeness (QED) is 0.909. The molecule has 0 spiro atoms. The van der Waals surface area contributed by atoms with Crippen molar-refractivity contribution in [1.82, 2.24) is 4.98 Å². The van der Waals surface area contributed by atoms with Crippen LogP contribution in [0, 0.1) is 0 Å². The van der Waals surface area contributed by atoms with Gasteiger partial charge in [-0.15, -0.1) is 0 Å². The van der Waals surface area contributed by atoms with Crippen molar-refractivity contribution in [1.29, 1.82) is 0 Å². The van der Waals surface area contributed by atoms with Gasteiger partial charge in [0.1, 0.15) is 5.82 Å². The molecule has 1 aromatic heterocycles. The van der Waals surface area contributed by atoms with E-state index in [2.05, 4.69) is 31.1 Å². The molecular weight excluding hydrogens is 262 g/mol. The summed E-state index contributed by atoms with van der Waals surface area (Å²) in [4.78, 5) is 16.3. The number of hydrogen-bond acceptors (Lipinski definition) is 3. The third kappa shape index (κ3) is 3.89. The van der Waals surface area contributed by atoms with E-state index in [1.165, 1.54) is 5.56 Å². The lowest BCUT2D eigenvalue weighted by molar-refractivity contribution is 0.102. The Balaban J connectivity index is 2.09. The van der Waals surface area contributed by atoms with Gasteiger partial charge in [-0.2, -0.15) is 0 Å². The van der Waals surface area contributed by atoms with Crippen LogP contribution in [0.15, 0.2) is 42.6 Å². The van der Waals surface area contributed by atoms with Crippen LogP contribution in [0.5, 0.6) is 0 Å². The smallest absolute Gasteiger partial charge is 0.256 e. The predicted octanol–water partition coefficient (Wildman–Crippen LogP) is 3.09. The summed E-state index contributed by atoms with van der Waals surface area (Å²) in [5.41, 5.74) is 8.34. The molecule has 0 aliphatic heterocycles. The lowest BCUT2D eigenvalue weighted by Gasteiger charge is -2.19. The molecule has 4 heteroatoms.